The fraction of sp³-hybridized carbons (Fsp3) is 0.154. The summed E-state index contributed by atoms with van der Waals surface area (Å²) in [5.74, 6) is 0.579. The third kappa shape index (κ3) is 4.66. The van der Waals surface area contributed by atoms with Gasteiger partial charge in [-0.1, -0.05) is 55.5 Å². The van der Waals surface area contributed by atoms with Crippen LogP contribution in [0, 0.1) is 0 Å². The Morgan fingerprint density at radius 3 is 2.37 bits per heavy atom. The number of anilines is 1. The van der Waals surface area contributed by atoms with Crippen molar-refractivity contribution in [1.82, 2.24) is 4.98 Å². The van der Waals surface area contributed by atoms with E-state index in [0.717, 1.165) is 28.6 Å². The third-order valence-electron chi connectivity index (χ3n) is 5.06. The van der Waals surface area contributed by atoms with Crippen LogP contribution < -0.4 is 10.1 Å². The molecule has 1 amide bonds. The summed E-state index contributed by atoms with van der Waals surface area (Å²) < 4.78 is 6.10. The first-order valence-corrected chi connectivity index (χ1v) is 10.2. The van der Waals surface area contributed by atoms with Crippen molar-refractivity contribution >= 4 is 22.4 Å². The second-order valence-electron chi connectivity index (χ2n) is 7.21. The Balaban J connectivity index is 1.43. The monoisotopic (exact) mass is 396 g/mol. The molecule has 0 radical (unpaired) electrons. The lowest BCUT2D eigenvalue weighted by atomic mass is 10.1. The fourth-order valence-corrected chi connectivity index (χ4v) is 3.44. The van der Waals surface area contributed by atoms with Crippen molar-refractivity contribution in [1.29, 1.82) is 0 Å². The molecule has 150 valence electrons. The molecule has 0 aliphatic rings. The summed E-state index contributed by atoms with van der Waals surface area (Å²) in [6, 6.07) is 25.8. The normalized spacial score (nSPS) is 11.8. The highest BCUT2D eigenvalue weighted by Crippen LogP contribution is 2.27. The zero-order valence-corrected chi connectivity index (χ0v) is 16.9. The molecule has 0 saturated heterocycles. The van der Waals surface area contributed by atoms with Gasteiger partial charge in [0.15, 0.2) is 6.10 Å². The average Bonchev–Trinajstić information content (AvgIpc) is 2.79. The lowest BCUT2D eigenvalue weighted by molar-refractivity contribution is -0.122. The van der Waals surface area contributed by atoms with Gasteiger partial charge in [0.2, 0.25) is 0 Å². The van der Waals surface area contributed by atoms with Crippen LogP contribution in [-0.4, -0.2) is 17.0 Å². The molecule has 1 heterocycles. The molecule has 0 fully saturated rings. The summed E-state index contributed by atoms with van der Waals surface area (Å²) >= 11 is 0. The molecule has 4 nitrogen and oxygen atoms in total. The van der Waals surface area contributed by atoms with Crippen molar-refractivity contribution < 1.29 is 9.53 Å². The van der Waals surface area contributed by atoms with Crippen molar-refractivity contribution in [2.24, 2.45) is 0 Å². The lowest BCUT2D eigenvalue weighted by Gasteiger charge is -2.18. The second kappa shape index (κ2) is 9.23. The largest absolute Gasteiger partial charge is 0.480 e. The van der Waals surface area contributed by atoms with Gasteiger partial charge in [0.1, 0.15) is 5.75 Å². The van der Waals surface area contributed by atoms with Gasteiger partial charge in [-0.2, -0.15) is 0 Å². The minimum absolute atomic E-state index is 0.146. The number of carbonyl (C=O) groups excluding carboxylic acids is 1. The molecular weight excluding hydrogens is 372 g/mol. The van der Waals surface area contributed by atoms with E-state index in [-0.39, 0.29) is 5.91 Å². The molecule has 1 N–H and O–H groups in total. The SMILES string of the molecule is CC[C@@H](Oc1cccc2ccccc12)C(=O)Nc1ccc(Cc2ccncc2)cc1. The number of rotatable bonds is 7. The minimum Gasteiger partial charge on any atom is -0.480 e. The first kappa shape index (κ1) is 19.6. The molecule has 3 aromatic carbocycles. The lowest BCUT2D eigenvalue weighted by Crippen LogP contribution is -2.32. The Morgan fingerprint density at radius 1 is 0.900 bits per heavy atom. The number of hydrogen-bond donors (Lipinski definition) is 1. The highest BCUT2D eigenvalue weighted by Gasteiger charge is 2.19. The molecule has 0 bridgehead atoms. The Kier molecular flexibility index (Phi) is 6.04. The smallest absolute Gasteiger partial charge is 0.265 e. The van der Waals surface area contributed by atoms with Gasteiger partial charge >= 0.3 is 0 Å². The first-order chi connectivity index (χ1) is 14.7. The van der Waals surface area contributed by atoms with Crippen LogP contribution in [0.3, 0.4) is 0 Å². The maximum atomic E-state index is 12.8. The highest BCUT2D eigenvalue weighted by molar-refractivity contribution is 5.95. The van der Waals surface area contributed by atoms with E-state index in [0.29, 0.717) is 6.42 Å². The van der Waals surface area contributed by atoms with Crippen LogP contribution in [0.1, 0.15) is 24.5 Å². The Hall–Kier alpha value is -3.66. The number of aromatic nitrogens is 1. The number of pyridine rings is 1. The molecule has 4 heteroatoms. The summed E-state index contributed by atoms with van der Waals surface area (Å²) in [6.45, 7) is 1.95. The predicted molar refractivity (Wildman–Crippen MR) is 121 cm³/mol. The van der Waals surface area contributed by atoms with Gasteiger partial charge in [-0.3, -0.25) is 9.78 Å². The van der Waals surface area contributed by atoms with E-state index in [4.69, 9.17) is 4.74 Å². The molecule has 0 unspecified atom stereocenters. The molecule has 1 atom stereocenters. The van der Waals surface area contributed by atoms with Crippen LogP contribution in [0.4, 0.5) is 5.69 Å². The summed E-state index contributed by atoms with van der Waals surface area (Å²) in [7, 11) is 0. The van der Waals surface area contributed by atoms with Crippen LogP contribution >= 0.6 is 0 Å². The highest BCUT2D eigenvalue weighted by atomic mass is 16.5. The van der Waals surface area contributed by atoms with E-state index < -0.39 is 6.10 Å². The summed E-state index contributed by atoms with van der Waals surface area (Å²) in [4.78, 5) is 16.9. The number of ether oxygens (including phenoxy) is 1. The van der Waals surface area contributed by atoms with Crippen molar-refractivity contribution in [3.05, 3.63) is 102 Å². The van der Waals surface area contributed by atoms with Crippen LogP contribution in [-0.2, 0) is 11.2 Å². The molecule has 0 aliphatic heterocycles. The van der Waals surface area contributed by atoms with Gasteiger partial charge in [0, 0.05) is 23.5 Å². The van der Waals surface area contributed by atoms with E-state index in [1.54, 1.807) is 12.4 Å². The average molecular weight is 396 g/mol. The molecule has 4 rings (SSSR count). The van der Waals surface area contributed by atoms with Crippen LogP contribution in [0.5, 0.6) is 5.75 Å². The van der Waals surface area contributed by atoms with Gasteiger partial charge in [-0.15, -0.1) is 0 Å². The second-order valence-corrected chi connectivity index (χ2v) is 7.21. The van der Waals surface area contributed by atoms with E-state index in [9.17, 15) is 4.79 Å². The number of amides is 1. The van der Waals surface area contributed by atoms with E-state index >= 15 is 0 Å². The topological polar surface area (TPSA) is 51.2 Å². The van der Waals surface area contributed by atoms with Gasteiger partial charge in [-0.05, 0) is 59.7 Å². The van der Waals surface area contributed by atoms with E-state index in [2.05, 4.69) is 10.3 Å². The molecule has 30 heavy (non-hydrogen) atoms. The number of hydrogen-bond acceptors (Lipinski definition) is 3. The number of carbonyl (C=O) groups is 1. The van der Waals surface area contributed by atoms with Gasteiger partial charge in [-0.25, -0.2) is 0 Å². The third-order valence-corrected chi connectivity index (χ3v) is 5.06. The summed E-state index contributed by atoms with van der Waals surface area (Å²) in [5.41, 5.74) is 3.15. The Labute approximate surface area is 176 Å². The standard InChI is InChI=1S/C26H24N2O2/c1-2-24(30-25-9-5-7-21-6-3-4-8-23(21)25)26(29)28-22-12-10-19(11-13-22)18-20-14-16-27-17-15-20/h3-17,24H,2,18H2,1H3,(H,28,29)/t24-/m1/s1. The first-order valence-electron chi connectivity index (χ1n) is 10.2. The number of nitrogens with one attached hydrogen (secondary N) is 1. The minimum atomic E-state index is -0.563. The molecule has 4 aromatic rings. The Morgan fingerprint density at radius 2 is 1.60 bits per heavy atom. The van der Waals surface area contributed by atoms with E-state index in [1.165, 1.54) is 11.1 Å². The Bertz CT molecular complexity index is 1120. The molecule has 0 spiro atoms. The molecule has 0 aliphatic carbocycles. The van der Waals surface area contributed by atoms with Crippen molar-refractivity contribution in [3.63, 3.8) is 0 Å². The quantitative estimate of drug-likeness (QED) is 0.441. The summed E-state index contributed by atoms with van der Waals surface area (Å²) in [6.07, 6.45) is 4.44. The van der Waals surface area contributed by atoms with Crippen LogP contribution in [0.15, 0.2) is 91.3 Å². The maximum absolute atomic E-state index is 12.8. The molecular formula is C26H24N2O2. The fourth-order valence-electron chi connectivity index (χ4n) is 3.44. The zero-order chi connectivity index (χ0) is 20.8. The van der Waals surface area contributed by atoms with Gasteiger partial charge in [0.25, 0.3) is 5.91 Å². The zero-order valence-electron chi connectivity index (χ0n) is 16.9. The van der Waals surface area contributed by atoms with Crippen molar-refractivity contribution in [3.8, 4) is 5.75 Å². The van der Waals surface area contributed by atoms with Crippen molar-refractivity contribution in [2.75, 3.05) is 5.32 Å². The molecule has 0 saturated carbocycles. The van der Waals surface area contributed by atoms with Gasteiger partial charge in [0.05, 0.1) is 0 Å². The van der Waals surface area contributed by atoms with Crippen LogP contribution in [0.2, 0.25) is 0 Å². The maximum Gasteiger partial charge on any atom is 0.265 e. The molecule has 1 aromatic heterocycles. The summed E-state index contributed by atoms with van der Waals surface area (Å²) in [5, 5.41) is 5.08. The predicted octanol–water partition coefficient (Wildman–Crippen LogP) is 5.62. The number of nitrogens with zero attached hydrogens (tertiary/aromatic N) is 1. The van der Waals surface area contributed by atoms with E-state index in [1.807, 2.05) is 85.8 Å². The van der Waals surface area contributed by atoms with Crippen molar-refractivity contribution in [2.45, 2.75) is 25.9 Å². The number of benzene rings is 3. The number of fused-ring (bicyclic) bond motifs is 1. The van der Waals surface area contributed by atoms with Crippen LogP contribution in [0.25, 0.3) is 10.8 Å². The van der Waals surface area contributed by atoms with Gasteiger partial charge < -0.3 is 10.1 Å².